The van der Waals surface area contributed by atoms with Gasteiger partial charge in [0, 0.05) is 19.5 Å². The standard InChI is InChI=1S/C26H31ClN4O4.C2HF3O2/c1-26(2,25(35)31-12-10-16(11-13-31)14-21(32)33)22(17-6-4-3-5-7-17)30-24(34)19-9-8-18(23(28)29)15-20(19)27;3-2(4,5)1(6)7/h3-9,15-16,22H,10-14H2,1-2H3,(H3,28,29)(H,30,34)(H,32,33);(H,6,7). The molecule has 14 heteroatoms. The van der Waals surface area contributed by atoms with E-state index in [4.69, 9.17) is 37.8 Å². The lowest BCUT2D eigenvalue weighted by Crippen LogP contribution is -2.51. The predicted molar refractivity (Wildman–Crippen MR) is 145 cm³/mol. The van der Waals surface area contributed by atoms with E-state index in [9.17, 15) is 27.6 Å². The number of aliphatic carboxylic acids is 2. The number of piperidine rings is 1. The highest BCUT2D eigenvalue weighted by molar-refractivity contribution is 6.34. The smallest absolute Gasteiger partial charge is 0.430 e. The summed E-state index contributed by atoms with van der Waals surface area (Å²) in [5.41, 5.74) is 6.19. The summed E-state index contributed by atoms with van der Waals surface area (Å²) in [6, 6.07) is 13.4. The number of nitrogens with two attached hydrogens (primary N) is 2. The Morgan fingerprint density at radius 3 is 2.12 bits per heavy atom. The summed E-state index contributed by atoms with van der Waals surface area (Å²) in [4.78, 5) is 48.5. The van der Waals surface area contributed by atoms with E-state index in [0.29, 0.717) is 31.5 Å². The van der Waals surface area contributed by atoms with Crippen LogP contribution in [-0.2, 0) is 14.4 Å². The predicted octanol–water partition coefficient (Wildman–Crippen LogP) is 1.31. The topological polar surface area (TPSA) is 178 Å². The van der Waals surface area contributed by atoms with Crippen LogP contribution in [0.15, 0.2) is 48.5 Å². The fourth-order valence-electron chi connectivity index (χ4n) is 4.53. The number of likely N-dealkylation sites (tertiary alicyclic amines) is 1. The summed E-state index contributed by atoms with van der Waals surface area (Å²) in [5, 5.41) is 26.7. The zero-order valence-electron chi connectivity index (χ0n) is 22.9. The van der Waals surface area contributed by atoms with Crippen molar-refractivity contribution in [1.82, 2.24) is 10.2 Å². The number of hydrogen-bond acceptors (Lipinski definition) is 5. The molecular weight excluding hydrogens is 581 g/mol. The Morgan fingerprint density at radius 1 is 1.12 bits per heavy atom. The average Bonchev–Trinajstić information content (AvgIpc) is 2.91. The first kappa shape index (κ1) is 34.1. The molecule has 0 radical (unpaired) electrons. The Kier molecular flexibility index (Phi) is 11.5. The van der Waals surface area contributed by atoms with Crippen molar-refractivity contribution in [2.75, 3.05) is 13.1 Å². The molecule has 1 fully saturated rings. The number of nitrogens with one attached hydrogen (secondary N) is 1. The molecule has 1 heterocycles. The molecule has 1 aliphatic rings. The van der Waals surface area contributed by atoms with Crippen LogP contribution in [0.3, 0.4) is 0 Å². The van der Waals surface area contributed by atoms with Crippen molar-refractivity contribution in [2.24, 2.45) is 17.1 Å². The van der Waals surface area contributed by atoms with Crippen LogP contribution >= 0.6 is 11.6 Å². The third-order valence-corrected chi connectivity index (χ3v) is 7.14. The molecule has 0 aromatic heterocycles. The van der Waals surface area contributed by atoms with Gasteiger partial charge in [0.15, 0.2) is 0 Å². The first-order valence-corrected chi connectivity index (χ1v) is 13.2. The highest BCUT2D eigenvalue weighted by Crippen LogP contribution is 2.37. The molecule has 2 aromatic carbocycles. The summed E-state index contributed by atoms with van der Waals surface area (Å²) < 4.78 is 31.5. The minimum absolute atomic E-state index is 0.0641. The number of amidine groups is 1. The second-order valence-corrected chi connectivity index (χ2v) is 10.7. The van der Waals surface area contributed by atoms with Gasteiger partial charge in [-0.25, -0.2) is 0 Å². The molecule has 1 atom stereocenters. The molecular formula is C28H32ClF3N4O6. The van der Waals surface area contributed by atoms with Crippen LogP contribution < -0.4 is 21.6 Å². The maximum atomic E-state index is 13.7. The number of benzene rings is 2. The van der Waals surface area contributed by atoms with Crippen molar-refractivity contribution in [3.8, 4) is 0 Å². The van der Waals surface area contributed by atoms with Crippen LogP contribution in [0.1, 0.15) is 60.6 Å². The first-order valence-electron chi connectivity index (χ1n) is 12.8. The number of carbonyl (C=O) groups is 4. The van der Waals surface area contributed by atoms with Crippen LogP contribution in [-0.4, -0.2) is 58.9 Å². The Labute approximate surface area is 245 Å². The van der Waals surface area contributed by atoms with Crippen LogP contribution in [0.2, 0.25) is 5.02 Å². The van der Waals surface area contributed by atoms with Gasteiger partial charge >= 0.3 is 12.1 Å². The molecule has 3 rings (SSSR count). The maximum Gasteiger partial charge on any atom is 0.430 e. The van der Waals surface area contributed by atoms with E-state index < -0.39 is 35.5 Å². The molecule has 2 amide bonds. The average molecular weight is 613 g/mol. The zero-order chi connectivity index (χ0) is 31.8. The molecule has 0 spiro atoms. The monoisotopic (exact) mass is 612 g/mol. The van der Waals surface area contributed by atoms with E-state index in [-0.39, 0.29) is 34.7 Å². The molecule has 42 heavy (non-hydrogen) atoms. The molecule has 1 saturated heterocycles. The van der Waals surface area contributed by atoms with E-state index in [1.807, 2.05) is 44.2 Å². The molecule has 0 aliphatic carbocycles. The third-order valence-electron chi connectivity index (χ3n) is 6.82. The number of amides is 2. The van der Waals surface area contributed by atoms with Crippen LogP contribution in [0, 0.1) is 11.3 Å². The number of carboxylic acid groups (broad SMARTS) is 2. The minimum atomic E-state index is -5.19. The van der Waals surface area contributed by atoms with Gasteiger partial charge in [0.2, 0.25) is 5.91 Å². The quantitative estimate of drug-likeness (QED) is 0.256. The lowest BCUT2D eigenvalue weighted by Gasteiger charge is -2.40. The van der Waals surface area contributed by atoms with Gasteiger partial charge in [-0.1, -0.05) is 41.9 Å². The second-order valence-electron chi connectivity index (χ2n) is 10.3. The lowest BCUT2D eigenvalue weighted by atomic mass is 9.78. The van der Waals surface area contributed by atoms with E-state index >= 15 is 0 Å². The van der Waals surface area contributed by atoms with E-state index in [0.717, 1.165) is 5.56 Å². The number of nitrogens with zero attached hydrogens (tertiary/aromatic N) is 1. The second kappa shape index (κ2) is 14.2. The fraction of sp³-hybridized carbons (Fsp3) is 0.393. The maximum absolute atomic E-state index is 13.7. The Hall–Kier alpha value is -4.13. The molecule has 6 N–H and O–H groups in total. The van der Waals surface area contributed by atoms with Crippen molar-refractivity contribution in [3.05, 3.63) is 70.2 Å². The number of rotatable bonds is 8. The third kappa shape index (κ3) is 9.20. The molecule has 1 aliphatic heterocycles. The van der Waals surface area contributed by atoms with Crippen molar-refractivity contribution < 1.29 is 48.0 Å². The molecule has 0 bridgehead atoms. The van der Waals surface area contributed by atoms with Gasteiger partial charge in [0.25, 0.3) is 11.7 Å². The fourth-order valence-corrected chi connectivity index (χ4v) is 4.80. The van der Waals surface area contributed by atoms with Gasteiger partial charge in [-0.3, -0.25) is 25.5 Å². The molecule has 10 nitrogen and oxygen atoms in total. The van der Waals surface area contributed by atoms with Gasteiger partial charge in [-0.05, 0) is 56.4 Å². The van der Waals surface area contributed by atoms with Crippen molar-refractivity contribution in [3.63, 3.8) is 0 Å². The normalized spacial score (nSPS) is 14.7. The van der Waals surface area contributed by atoms with Crippen LogP contribution in [0.25, 0.3) is 0 Å². The van der Waals surface area contributed by atoms with Gasteiger partial charge < -0.3 is 25.2 Å². The van der Waals surface area contributed by atoms with E-state index in [1.54, 1.807) is 17.0 Å². The number of hydrogen-bond donors (Lipinski definition) is 4. The van der Waals surface area contributed by atoms with Gasteiger partial charge in [-0.15, -0.1) is 0 Å². The largest absolute Gasteiger partial charge is 0.542 e. The van der Waals surface area contributed by atoms with E-state index in [1.165, 1.54) is 6.07 Å². The summed E-state index contributed by atoms with van der Waals surface area (Å²) in [5.74, 6) is -4.19. The zero-order valence-corrected chi connectivity index (χ0v) is 23.7. The number of carboxylic acids is 2. The summed E-state index contributed by atoms with van der Waals surface area (Å²) in [7, 11) is 0. The lowest BCUT2D eigenvalue weighted by molar-refractivity contribution is -0.344. The Balaban J connectivity index is 0.000000782. The molecule has 1 unspecified atom stereocenters. The number of carbonyl (C=O) groups excluding carboxylic acids is 3. The molecule has 2 aromatic rings. The van der Waals surface area contributed by atoms with E-state index in [2.05, 4.69) is 5.32 Å². The Morgan fingerprint density at radius 2 is 1.67 bits per heavy atom. The summed E-state index contributed by atoms with van der Waals surface area (Å²) in [6.07, 6.45) is -3.80. The van der Waals surface area contributed by atoms with Crippen molar-refractivity contribution in [1.29, 1.82) is 0 Å². The SMILES string of the molecule is CC(C)(C(=O)N1CCC(CC(=O)O)CC1)C(NC(=O)c1ccc(C(N)=[NH2+])cc1Cl)c1ccccc1.O=C([O-])C(F)(F)F. The summed E-state index contributed by atoms with van der Waals surface area (Å²) in [6.45, 7) is 4.59. The van der Waals surface area contributed by atoms with Gasteiger partial charge in [0.05, 0.1) is 27.6 Å². The van der Waals surface area contributed by atoms with Crippen molar-refractivity contribution >= 4 is 41.2 Å². The molecule has 0 saturated carbocycles. The molecule has 228 valence electrons. The minimum Gasteiger partial charge on any atom is -0.542 e. The van der Waals surface area contributed by atoms with Crippen LogP contribution in [0.5, 0.6) is 0 Å². The van der Waals surface area contributed by atoms with Crippen molar-refractivity contribution in [2.45, 2.75) is 45.3 Å². The summed E-state index contributed by atoms with van der Waals surface area (Å²) >= 11 is 6.34. The first-order chi connectivity index (χ1) is 19.4. The van der Waals surface area contributed by atoms with Gasteiger partial charge in [-0.2, -0.15) is 13.2 Å². The highest BCUT2D eigenvalue weighted by atomic mass is 35.5. The highest BCUT2D eigenvalue weighted by Gasteiger charge is 2.42. The number of alkyl halides is 3. The Bertz CT molecular complexity index is 1310. The number of halogens is 4. The van der Waals surface area contributed by atoms with Crippen LogP contribution in [0.4, 0.5) is 13.2 Å². The van der Waals surface area contributed by atoms with Gasteiger partial charge in [0.1, 0.15) is 5.97 Å².